The topological polar surface area (TPSA) is 78.6 Å². The molecule has 168 valence electrons. The molecule has 0 aromatic heterocycles. The fourth-order valence-corrected chi connectivity index (χ4v) is 5.06. The molecule has 0 amide bonds. The third kappa shape index (κ3) is 3.92. The molecular formula is C27H31NO4. The molecule has 2 aliphatic carbocycles. The van der Waals surface area contributed by atoms with E-state index in [9.17, 15) is 9.59 Å². The van der Waals surface area contributed by atoms with Crippen molar-refractivity contribution in [1.29, 1.82) is 0 Å². The quantitative estimate of drug-likeness (QED) is 0.672. The lowest BCUT2D eigenvalue weighted by atomic mass is 9.61. The second-order valence-electron chi connectivity index (χ2n) is 9.88. The Morgan fingerprint density at radius 1 is 1.19 bits per heavy atom. The Labute approximate surface area is 189 Å². The van der Waals surface area contributed by atoms with Gasteiger partial charge in [0.1, 0.15) is 11.3 Å². The number of carbonyl (C=O) groups excluding carboxylic acids is 2. The van der Waals surface area contributed by atoms with E-state index in [4.69, 9.17) is 15.2 Å². The van der Waals surface area contributed by atoms with E-state index in [0.717, 1.165) is 11.1 Å². The summed E-state index contributed by atoms with van der Waals surface area (Å²) in [5, 5.41) is 0. The van der Waals surface area contributed by atoms with Gasteiger partial charge in [-0.2, -0.15) is 0 Å². The summed E-state index contributed by atoms with van der Waals surface area (Å²) in [5.41, 5.74) is 8.64. The molecule has 0 fully saturated rings. The maximum absolute atomic E-state index is 13.4. The largest absolute Gasteiger partial charge is 0.462 e. The number of hydrogen-bond acceptors (Lipinski definition) is 5. The first kappa shape index (κ1) is 22.1. The van der Waals surface area contributed by atoms with Crippen molar-refractivity contribution in [3.63, 3.8) is 0 Å². The highest BCUT2D eigenvalue weighted by Gasteiger charge is 2.50. The van der Waals surface area contributed by atoms with Crippen molar-refractivity contribution in [2.24, 2.45) is 22.5 Å². The highest BCUT2D eigenvalue weighted by molar-refractivity contribution is 6.02. The van der Waals surface area contributed by atoms with E-state index in [-0.39, 0.29) is 29.3 Å². The van der Waals surface area contributed by atoms with E-state index in [1.54, 1.807) is 6.92 Å². The third-order valence-electron chi connectivity index (χ3n) is 6.62. The Hall–Kier alpha value is -3.08. The van der Waals surface area contributed by atoms with Crippen LogP contribution in [0.25, 0.3) is 5.57 Å². The summed E-state index contributed by atoms with van der Waals surface area (Å²) in [6.07, 6.45) is 8.02. The normalized spacial score (nSPS) is 26.9. The third-order valence-corrected chi connectivity index (χ3v) is 6.62. The Bertz CT molecular complexity index is 1070. The van der Waals surface area contributed by atoms with Gasteiger partial charge in [-0.25, -0.2) is 4.79 Å². The first-order valence-corrected chi connectivity index (χ1v) is 11.2. The molecule has 0 saturated heterocycles. The number of benzene rings is 1. The van der Waals surface area contributed by atoms with Gasteiger partial charge in [0.2, 0.25) is 5.88 Å². The van der Waals surface area contributed by atoms with Crippen LogP contribution in [-0.4, -0.2) is 18.4 Å². The molecule has 4 rings (SSSR count). The van der Waals surface area contributed by atoms with E-state index in [1.807, 2.05) is 32.0 Å². The number of nitrogens with two attached hydrogens (primary N) is 1. The van der Waals surface area contributed by atoms with Gasteiger partial charge in [0.25, 0.3) is 0 Å². The summed E-state index contributed by atoms with van der Waals surface area (Å²) in [4.78, 5) is 26.3. The second kappa shape index (κ2) is 8.12. The zero-order valence-corrected chi connectivity index (χ0v) is 19.2. The number of rotatable bonds is 4. The van der Waals surface area contributed by atoms with E-state index in [1.165, 1.54) is 0 Å². The molecule has 0 bridgehead atoms. The van der Waals surface area contributed by atoms with Gasteiger partial charge in [-0.3, -0.25) is 4.79 Å². The fourth-order valence-electron chi connectivity index (χ4n) is 5.06. The highest BCUT2D eigenvalue weighted by Crippen LogP contribution is 2.53. The van der Waals surface area contributed by atoms with Crippen molar-refractivity contribution in [2.75, 3.05) is 6.61 Å². The second-order valence-corrected chi connectivity index (χ2v) is 9.88. The highest BCUT2D eigenvalue weighted by atomic mass is 16.5. The molecular weight excluding hydrogens is 402 g/mol. The van der Waals surface area contributed by atoms with Gasteiger partial charge < -0.3 is 15.2 Å². The molecule has 0 saturated carbocycles. The molecule has 0 spiro atoms. The number of carbonyl (C=O) groups is 2. The molecule has 1 aromatic rings. The van der Waals surface area contributed by atoms with Crippen molar-refractivity contribution in [1.82, 2.24) is 0 Å². The Kier molecular flexibility index (Phi) is 5.61. The van der Waals surface area contributed by atoms with Crippen LogP contribution in [0.3, 0.4) is 0 Å². The van der Waals surface area contributed by atoms with Crippen molar-refractivity contribution >= 4 is 17.3 Å². The average Bonchev–Trinajstić information content (AvgIpc) is 2.73. The van der Waals surface area contributed by atoms with Crippen LogP contribution in [0, 0.1) is 16.7 Å². The fraction of sp³-hybridized carbons (Fsp3) is 0.407. The van der Waals surface area contributed by atoms with E-state index in [0.29, 0.717) is 30.6 Å². The SMILES string of the molecule is CCOC(=O)C1=C(N)OC2=C(C(=O)CC(C)(C)C2)C1C1(C)C=CC(c2ccccc2)=CC1. The molecule has 3 aliphatic rings. The van der Waals surface area contributed by atoms with E-state index < -0.39 is 17.3 Å². The number of esters is 1. The molecule has 0 radical (unpaired) electrons. The van der Waals surface area contributed by atoms with Crippen molar-refractivity contribution < 1.29 is 19.1 Å². The van der Waals surface area contributed by atoms with Gasteiger partial charge in [0.15, 0.2) is 5.78 Å². The van der Waals surface area contributed by atoms with Crippen LogP contribution in [0.1, 0.15) is 52.5 Å². The summed E-state index contributed by atoms with van der Waals surface area (Å²) < 4.78 is 11.2. The summed E-state index contributed by atoms with van der Waals surface area (Å²) >= 11 is 0. The Balaban J connectivity index is 1.78. The molecule has 5 nitrogen and oxygen atoms in total. The van der Waals surface area contributed by atoms with Crippen molar-refractivity contribution in [3.05, 3.63) is 76.9 Å². The molecule has 1 heterocycles. The van der Waals surface area contributed by atoms with Crippen LogP contribution in [0.5, 0.6) is 0 Å². The van der Waals surface area contributed by atoms with Gasteiger partial charge in [-0.15, -0.1) is 0 Å². The Morgan fingerprint density at radius 3 is 2.53 bits per heavy atom. The monoisotopic (exact) mass is 433 g/mol. The van der Waals surface area contributed by atoms with Crippen LogP contribution < -0.4 is 5.73 Å². The van der Waals surface area contributed by atoms with E-state index in [2.05, 4.69) is 37.3 Å². The molecule has 1 aromatic carbocycles. The zero-order chi connectivity index (χ0) is 23.1. The molecule has 1 aliphatic heterocycles. The summed E-state index contributed by atoms with van der Waals surface area (Å²) in [5.74, 6) is -0.382. The molecule has 2 atom stereocenters. The lowest BCUT2D eigenvalue weighted by molar-refractivity contribution is -0.140. The van der Waals surface area contributed by atoms with Crippen LogP contribution in [0.2, 0.25) is 0 Å². The summed E-state index contributed by atoms with van der Waals surface area (Å²) in [7, 11) is 0. The summed E-state index contributed by atoms with van der Waals surface area (Å²) in [6, 6.07) is 10.2. The van der Waals surface area contributed by atoms with Crippen molar-refractivity contribution in [2.45, 2.75) is 47.0 Å². The maximum atomic E-state index is 13.4. The predicted octanol–water partition coefficient (Wildman–Crippen LogP) is 5.06. The first-order chi connectivity index (χ1) is 15.1. The standard InChI is InChI=1S/C27H31NO4/c1-5-31-25(30)22-23(21-19(29)15-26(2,3)16-20(21)32-24(22)28)27(4)13-11-18(12-14-27)17-9-7-6-8-10-17/h6-13,23H,5,14-16,28H2,1-4H3. The lowest BCUT2D eigenvalue weighted by Crippen LogP contribution is -2.42. The Morgan fingerprint density at radius 2 is 1.91 bits per heavy atom. The minimum atomic E-state index is -0.522. The molecule has 2 unspecified atom stereocenters. The number of allylic oxidation sites excluding steroid dienone is 6. The van der Waals surface area contributed by atoms with Crippen LogP contribution in [0.15, 0.2) is 71.3 Å². The van der Waals surface area contributed by atoms with E-state index >= 15 is 0 Å². The van der Waals surface area contributed by atoms with Crippen LogP contribution in [-0.2, 0) is 19.1 Å². The summed E-state index contributed by atoms with van der Waals surface area (Å²) in [6.45, 7) is 8.14. The predicted molar refractivity (Wildman–Crippen MR) is 124 cm³/mol. The van der Waals surface area contributed by atoms with Gasteiger partial charge in [0.05, 0.1) is 6.61 Å². The smallest absolute Gasteiger partial charge is 0.340 e. The number of Topliss-reactive ketones (excluding diaryl/α,β-unsaturated/α-hetero) is 1. The molecule has 32 heavy (non-hydrogen) atoms. The minimum Gasteiger partial charge on any atom is -0.462 e. The van der Waals surface area contributed by atoms with Gasteiger partial charge in [0, 0.05) is 29.7 Å². The van der Waals surface area contributed by atoms with Gasteiger partial charge in [-0.1, -0.05) is 69.3 Å². The molecule has 5 heteroatoms. The number of ether oxygens (including phenoxy) is 2. The van der Waals surface area contributed by atoms with Crippen LogP contribution >= 0.6 is 0 Å². The number of hydrogen-bond donors (Lipinski definition) is 1. The van der Waals surface area contributed by atoms with Crippen LogP contribution in [0.4, 0.5) is 0 Å². The first-order valence-electron chi connectivity index (χ1n) is 11.2. The zero-order valence-electron chi connectivity index (χ0n) is 19.2. The van der Waals surface area contributed by atoms with Gasteiger partial charge in [-0.05, 0) is 29.9 Å². The number of ketones is 1. The minimum absolute atomic E-state index is 0.0167. The van der Waals surface area contributed by atoms with Gasteiger partial charge >= 0.3 is 5.97 Å². The maximum Gasteiger partial charge on any atom is 0.340 e. The lowest BCUT2D eigenvalue weighted by Gasteiger charge is -2.44. The van der Waals surface area contributed by atoms with Crippen molar-refractivity contribution in [3.8, 4) is 0 Å². The average molecular weight is 434 g/mol. The molecule has 2 N–H and O–H groups in total.